The predicted molar refractivity (Wildman–Crippen MR) is 67.1 cm³/mol. The quantitative estimate of drug-likeness (QED) is 0.604. The van der Waals surface area contributed by atoms with Gasteiger partial charge >= 0.3 is 0 Å². The van der Waals surface area contributed by atoms with Crippen molar-refractivity contribution in [3.8, 4) is 0 Å². The van der Waals surface area contributed by atoms with Gasteiger partial charge in [-0.25, -0.2) is 0 Å². The Morgan fingerprint density at radius 3 is 2.07 bits per heavy atom. The summed E-state index contributed by atoms with van der Waals surface area (Å²) in [5.41, 5.74) is 0. The molecule has 0 aromatic carbocycles. The summed E-state index contributed by atoms with van der Waals surface area (Å²) in [6.45, 7) is 6.75. The molecule has 0 N–H and O–H groups in total. The highest BCUT2D eigenvalue weighted by atomic mass is 14.5. The average Bonchev–Trinajstić information content (AvgIpc) is 2.81. The first kappa shape index (κ1) is 11.5. The fourth-order valence-corrected chi connectivity index (χ4v) is 3.57. The van der Waals surface area contributed by atoms with E-state index < -0.39 is 0 Å². The highest BCUT2D eigenvalue weighted by molar-refractivity contribution is 6.14. The molecule has 84 valence electrons. The second-order valence-electron chi connectivity index (χ2n) is 6.85. The van der Waals surface area contributed by atoms with Gasteiger partial charge in [-0.3, -0.25) is 0 Å². The molecule has 1 heteroatoms. The molecule has 0 aromatic heterocycles. The summed E-state index contributed by atoms with van der Waals surface area (Å²) in [6, 6.07) is 0. The van der Waals surface area contributed by atoms with E-state index >= 15 is 0 Å². The van der Waals surface area contributed by atoms with Crippen molar-refractivity contribution in [3.63, 3.8) is 0 Å². The summed E-state index contributed by atoms with van der Waals surface area (Å²) >= 11 is 0. The minimum absolute atomic E-state index is 0.0460. The van der Waals surface area contributed by atoms with E-state index in [1.165, 1.54) is 38.5 Å². The van der Waals surface area contributed by atoms with Gasteiger partial charge in [0.2, 0.25) is 0 Å². The first-order valence-corrected chi connectivity index (χ1v) is 6.74. The van der Waals surface area contributed by atoms with E-state index in [4.69, 9.17) is 7.85 Å². The van der Waals surface area contributed by atoms with Gasteiger partial charge in [-0.1, -0.05) is 45.3 Å². The molecule has 2 fully saturated rings. The smallest absolute Gasteiger partial charge is 0.0714 e. The second-order valence-corrected chi connectivity index (χ2v) is 6.85. The maximum absolute atomic E-state index is 6.10. The molecule has 0 spiro atoms. The van der Waals surface area contributed by atoms with Crippen LogP contribution >= 0.6 is 0 Å². The molecule has 0 amide bonds. The molecule has 0 aromatic rings. The van der Waals surface area contributed by atoms with Gasteiger partial charge in [0.25, 0.3) is 0 Å². The normalized spacial score (nSPS) is 41.5. The molecular formula is C14H25B. The second kappa shape index (κ2) is 4.15. The van der Waals surface area contributed by atoms with Gasteiger partial charge in [-0.05, 0) is 42.9 Å². The molecule has 2 aliphatic carbocycles. The Balaban J connectivity index is 1.72. The number of hydrogen-bond donors (Lipinski definition) is 0. The van der Waals surface area contributed by atoms with Crippen molar-refractivity contribution in [3.05, 3.63) is 0 Å². The zero-order valence-corrected chi connectivity index (χ0v) is 10.6. The topological polar surface area (TPSA) is 0 Å². The SMILES string of the molecule is [B]C(C)(C)CC1CCC(C2CC2C)CC1. The van der Waals surface area contributed by atoms with E-state index in [1.54, 1.807) is 0 Å². The standard InChI is InChI=1S/C14H25B/c1-10-8-13(10)12-6-4-11(5-7-12)9-14(2,3)15/h10-13H,4-9H2,1-3H3. The van der Waals surface area contributed by atoms with Crippen molar-refractivity contribution in [1.82, 2.24) is 0 Å². The lowest BCUT2D eigenvalue weighted by Gasteiger charge is -2.33. The lowest BCUT2D eigenvalue weighted by atomic mass is 9.64. The molecule has 15 heavy (non-hydrogen) atoms. The maximum Gasteiger partial charge on any atom is 0.0738 e. The van der Waals surface area contributed by atoms with Crippen LogP contribution in [0.1, 0.15) is 59.3 Å². The maximum atomic E-state index is 6.10. The average molecular weight is 204 g/mol. The van der Waals surface area contributed by atoms with Gasteiger partial charge in [-0.2, -0.15) is 0 Å². The van der Waals surface area contributed by atoms with Crippen molar-refractivity contribution >= 4 is 7.85 Å². The third kappa shape index (κ3) is 3.26. The van der Waals surface area contributed by atoms with E-state index in [0.29, 0.717) is 0 Å². The van der Waals surface area contributed by atoms with Crippen molar-refractivity contribution in [1.29, 1.82) is 0 Å². The van der Waals surface area contributed by atoms with Gasteiger partial charge in [0.1, 0.15) is 0 Å². The Bertz CT molecular complexity index is 208. The lowest BCUT2D eigenvalue weighted by molar-refractivity contribution is 0.226. The van der Waals surface area contributed by atoms with Crippen LogP contribution < -0.4 is 0 Å². The molecule has 2 aliphatic rings. The van der Waals surface area contributed by atoms with E-state index in [1.807, 2.05) is 0 Å². The predicted octanol–water partition coefficient (Wildman–Crippen LogP) is 4.21. The molecule has 2 radical (unpaired) electrons. The van der Waals surface area contributed by atoms with E-state index in [9.17, 15) is 0 Å². The Morgan fingerprint density at radius 2 is 1.67 bits per heavy atom. The highest BCUT2D eigenvalue weighted by Crippen LogP contribution is 2.50. The Kier molecular flexibility index (Phi) is 3.19. The fraction of sp³-hybridized carbons (Fsp3) is 1.00. The molecule has 2 unspecified atom stereocenters. The molecule has 0 saturated heterocycles. The van der Waals surface area contributed by atoms with Crippen LogP contribution in [0.5, 0.6) is 0 Å². The van der Waals surface area contributed by atoms with Crippen LogP contribution in [0.4, 0.5) is 0 Å². The summed E-state index contributed by atoms with van der Waals surface area (Å²) in [7, 11) is 6.10. The molecule has 0 bridgehead atoms. The molecule has 0 nitrogen and oxygen atoms in total. The van der Waals surface area contributed by atoms with Crippen LogP contribution in [0.2, 0.25) is 5.31 Å². The molecule has 0 heterocycles. The highest BCUT2D eigenvalue weighted by Gasteiger charge is 2.40. The van der Waals surface area contributed by atoms with Crippen LogP contribution in [0.25, 0.3) is 0 Å². The third-order valence-corrected chi connectivity index (χ3v) is 4.48. The van der Waals surface area contributed by atoms with E-state index in [-0.39, 0.29) is 5.31 Å². The van der Waals surface area contributed by atoms with Crippen molar-refractivity contribution in [2.75, 3.05) is 0 Å². The van der Waals surface area contributed by atoms with Crippen molar-refractivity contribution in [2.45, 2.75) is 64.6 Å². The number of hydrogen-bond acceptors (Lipinski definition) is 0. The Labute approximate surface area is 96.6 Å². The van der Waals surface area contributed by atoms with E-state index in [2.05, 4.69) is 20.8 Å². The number of rotatable bonds is 3. The molecule has 2 rings (SSSR count). The fourth-order valence-electron chi connectivity index (χ4n) is 3.57. The third-order valence-electron chi connectivity index (χ3n) is 4.48. The van der Waals surface area contributed by atoms with Gasteiger partial charge < -0.3 is 0 Å². The van der Waals surface area contributed by atoms with Gasteiger partial charge in [0.05, 0.1) is 7.85 Å². The van der Waals surface area contributed by atoms with Gasteiger partial charge in [-0.15, -0.1) is 0 Å². The minimum Gasteiger partial charge on any atom is -0.0714 e. The van der Waals surface area contributed by atoms with Gasteiger partial charge in [0, 0.05) is 0 Å². The van der Waals surface area contributed by atoms with Crippen molar-refractivity contribution < 1.29 is 0 Å². The minimum atomic E-state index is 0.0460. The largest absolute Gasteiger partial charge is 0.0738 e. The molecule has 0 aliphatic heterocycles. The molecule has 2 saturated carbocycles. The summed E-state index contributed by atoms with van der Waals surface area (Å²) in [5.74, 6) is 4.11. The van der Waals surface area contributed by atoms with Gasteiger partial charge in [0.15, 0.2) is 0 Å². The zero-order valence-electron chi connectivity index (χ0n) is 10.6. The zero-order chi connectivity index (χ0) is 11.1. The first-order chi connectivity index (χ1) is 6.96. The van der Waals surface area contributed by atoms with E-state index in [0.717, 1.165) is 23.7 Å². The van der Waals surface area contributed by atoms with Crippen LogP contribution in [-0.2, 0) is 0 Å². The monoisotopic (exact) mass is 204 g/mol. The summed E-state index contributed by atoms with van der Waals surface area (Å²) in [5, 5.41) is 0.0460. The summed E-state index contributed by atoms with van der Waals surface area (Å²) < 4.78 is 0. The summed E-state index contributed by atoms with van der Waals surface area (Å²) in [6.07, 6.45) is 8.58. The van der Waals surface area contributed by atoms with Crippen LogP contribution in [0, 0.1) is 23.7 Å². The Morgan fingerprint density at radius 1 is 1.13 bits per heavy atom. The van der Waals surface area contributed by atoms with Crippen LogP contribution in [0.3, 0.4) is 0 Å². The Hall–Kier alpha value is 0.0649. The first-order valence-electron chi connectivity index (χ1n) is 6.74. The molecule has 2 atom stereocenters. The van der Waals surface area contributed by atoms with Crippen molar-refractivity contribution in [2.24, 2.45) is 23.7 Å². The summed E-state index contributed by atoms with van der Waals surface area (Å²) in [4.78, 5) is 0. The molecular weight excluding hydrogens is 179 g/mol. The van der Waals surface area contributed by atoms with Crippen LogP contribution in [-0.4, -0.2) is 7.85 Å². The van der Waals surface area contributed by atoms with Crippen LogP contribution in [0.15, 0.2) is 0 Å². The lowest BCUT2D eigenvalue weighted by Crippen LogP contribution is -2.19.